The molecule has 0 saturated carbocycles. The van der Waals surface area contributed by atoms with E-state index in [-0.39, 0.29) is 18.5 Å². The number of rotatable bonds is 5. The van der Waals surface area contributed by atoms with E-state index >= 15 is 0 Å². The van der Waals surface area contributed by atoms with Crippen molar-refractivity contribution in [1.29, 1.82) is 5.26 Å². The van der Waals surface area contributed by atoms with Crippen molar-refractivity contribution in [2.75, 3.05) is 20.1 Å². The van der Waals surface area contributed by atoms with E-state index < -0.39 is 10.2 Å². The first-order valence-electron chi connectivity index (χ1n) is 6.94. The summed E-state index contributed by atoms with van der Waals surface area (Å²) in [6, 6.07) is 1.74. The monoisotopic (exact) mass is 312 g/mol. The second-order valence-electron chi connectivity index (χ2n) is 5.31. The highest BCUT2D eigenvalue weighted by atomic mass is 32.2. The van der Waals surface area contributed by atoms with Gasteiger partial charge in [0.2, 0.25) is 0 Å². The Kier molecular flexibility index (Phi) is 4.92. The molecule has 21 heavy (non-hydrogen) atoms. The summed E-state index contributed by atoms with van der Waals surface area (Å²) in [7, 11) is -2.11. The number of H-pyrrole nitrogens is 1. The molecule has 1 saturated heterocycles. The summed E-state index contributed by atoms with van der Waals surface area (Å²) in [6.45, 7) is 2.34. The molecule has 0 aliphatic carbocycles. The summed E-state index contributed by atoms with van der Waals surface area (Å²) >= 11 is 0. The normalized spacial score (nSPS) is 22.1. The lowest BCUT2D eigenvalue weighted by Crippen LogP contribution is -2.47. The van der Waals surface area contributed by atoms with E-state index in [2.05, 4.69) is 21.3 Å². The van der Waals surface area contributed by atoms with Crippen molar-refractivity contribution in [1.82, 2.24) is 23.8 Å². The summed E-state index contributed by atoms with van der Waals surface area (Å²) in [5, 5.41) is 15.4. The quantitative estimate of drug-likeness (QED) is 0.860. The molecule has 1 aromatic rings. The molecule has 0 amide bonds. The molecule has 1 aliphatic rings. The molecule has 1 aromatic heterocycles. The minimum absolute atomic E-state index is 0.179. The average molecular weight is 312 g/mol. The Balaban J connectivity index is 2.22. The van der Waals surface area contributed by atoms with E-state index in [0.717, 1.165) is 19.3 Å². The van der Waals surface area contributed by atoms with E-state index in [1.165, 1.54) is 22.0 Å². The van der Waals surface area contributed by atoms with Crippen molar-refractivity contribution < 1.29 is 8.42 Å². The average Bonchev–Trinajstić information content (AvgIpc) is 3.01. The highest BCUT2D eigenvalue weighted by Gasteiger charge is 2.37. The molecule has 1 N–H and O–H groups in total. The van der Waals surface area contributed by atoms with Gasteiger partial charge in [-0.2, -0.15) is 27.4 Å². The highest BCUT2D eigenvalue weighted by Crippen LogP contribution is 2.31. The molecule has 0 spiro atoms. The highest BCUT2D eigenvalue weighted by molar-refractivity contribution is 7.86. The zero-order valence-electron chi connectivity index (χ0n) is 12.2. The van der Waals surface area contributed by atoms with Crippen molar-refractivity contribution in [2.45, 2.75) is 32.2 Å². The van der Waals surface area contributed by atoms with Crippen molar-refractivity contribution in [2.24, 2.45) is 5.92 Å². The van der Waals surface area contributed by atoms with Crippen LogP contribution in [0.2, 0.25) is 0 Å². The molecule has 2 unspecified atom stereocenters. The van der Waals surface area contributed by atoms with Crippen molar-refractivity contribution >= 4 is 10.2 Å². The van der Waals surface area contributed by atoms with Gasteiger partial charge < -0.3 is 0 Å². The first kappa shape index (κ1) is 15.9. The smallest absolute Gasteiger partial charge is 0.262 e. The SMILES string of the molecule is CC(C#N)CN(C)S(=O)(=O)N1CCCCC1c1ncn[nH]1. The van der Waals surface area contributed by atoms with Crippen LogP contribution in [-0.4, -0.2) is 52.3 Å². The molecule has 116 valence electrons. The van der Waals surface area contributed by atoms with Crippen molar-refractivity contribution in [3.8, 4) is 6.07 Å². The van der Waals surface area contributed by atoms with E-state index in [9.17, 15) is 8.42 Å². The number of hydrogen-bond donors (Lipinski definition) is 1. The molecule has 1 aliphatic heterocycles. The van der Waals surface area contributed by atoms with Gasteiger partial charge in [0.05, 0.1) is 18.0 Å². The van der Waals surface area contributed by atoms with Gasteiger partial charge in [-0.3, -0.25) is 5.10 Å². The van der Waals surface area contributed by atoms with Gasteiger partial charge in [-0.05, 0) is 19.8 Å². The molecule has 0 radical (unpaired) electrons. The Morgan fingerprint density at radius 3 is 3.00 bits per heavy atom. The van der Waals surface area contributed by atoms with Gasteiger partial charge in [-0.25, -0.2) is 4.98 Å². The molecular formula is C12H20N6O2S. The zero-order valence-corrected chi connectivity index (χ0v) is 13.0. The Bertz CT molecular complexity index is 594. The second kappa shape index (κ2) is 6.51. The van der Waals surface area contributed by atoms with E-state index in [1.54, 1.807) is 6.92 Å². The first-order chi connectivity index (χ1) is 9.96. The van der Waals surface area contributed by atoms with Crippen LogP contribution in [0.25, 0.3) is 0 Å². The maximum absolute atomic E-state index is 12.7. The third-order valence-corrected chi connectivity index (χ3v) is 5.61. The molecule has 2 atom stereocenters. The number of hydrogen-bond acceptors (Lipinski definition) is 5. The molecular weight excluding hydrogens is 292 g/mol. The van der Waals surface area contributed by atoms with E-state index in [0.29, 0.717) is 12.4 Å². The number of nitrogens with zero attached hydrogens (tertiary/aromatic N) is 5. The Morgan fingerprint density at radius 2 is 2.38 bits per heavy atom. The predicted molar refractivity (Wildman–Crippen MR) is 76.0 cm³/mol. The number of nitriles is 1. The molecule has 2 rings (SSSR count). The van der Waals surface area contributed by atoms with Gasteiger partial charge in [0, 0.05) is 20.1 Å². The summed E-state index contributed by atoms with van der Waals surface area (Å²) in [5.74, 6) is 0.221. The molecule has 1 fully saturated rings. The zero-order chi connectivity index (χ0) is 15.5. The van der Waals surface area contributed by atoms with Crippen LogP contribution in [0.3, 0.4) is 0 Å². The van der Waals surface area contributed by atoms with Gasteiger partial charge in [0.25, 0.3) is 10.2 Å². The van der Waals surface area contributed by atoms with Crippen LogP contribution in [0.5, 0.6) is 0 Å². The Morgan fingerprint density at radius 1 is 1.62 bits per heavy atom. The van der Waals surface area contributed by atoms with Gasteiger partial charge in [0.15, 0.2) is 0 Å². The maximum Gasteiger partial charge on any atom is 0.282 e. The van der Waals surface area contributed by atoms with Crippen LogP contribution in [0, 0.1) is 17.2 Å². The number of nitrogens with one attached hydrogen (secondary N) is 1. The lowest BCUT2D eigenvalue weighted by Gasteiger charge is -2.36. The number of piperidine rings is 1. The summed E-state index contributed by atoms with van der Waals surface area (Å²) in [6.07, 6.45) is 3.88. The first-order valence-corrected chi connectivity index (χ1v) is 8.34. The molecule has 8 nitrogen and oxygen atoms in total. The maximum atomic E-state index is 12.7. The van der Waals surface area contributed by atoms with Crippen LogP contribution < -0.4 is 0 Å². The number of aromatic nitrogens is 3. The third kappa shape index (κ3) is 3.40. The lowest BCUT2D eigenvalue weighted by atomic mass is 10.0. The van der Waals surface area contributed by atoms with Gasteiger partial charge in [0.1, 0.15) is 12.2 Å². The Labute approximate surface area is 125 Å². The lowest BCUT2D eigenvalue weighted by molar-refractivity contribution is 0.229. The second-order valence-corrected chi connectivity index (χ2v) is 7.30. The van der Waals surface area contributed by atoms with Gasteiger partial charge >= 0.3 is 0 Å². The largest absolute Gasteiger partial charge is 0.282 e. The van der Waals surface area contributed by atoms with Gasteiger partial charge in [-0.1, -0.05) is 6.42 Å². The fourth-order valence-corrected chi connectivity index (χ4v) is 4.19. The summed E-state index contributed by atoms with van der Waals surface area (Å²) < 4.78 is 28.2. The molecule has 0 aromatic carbocycles. The fourth-order valence-electron chi connectivity index (χ4n) is 2.53. The summed E-state index contributed by atoms with van der Waals surface area (Å²) in [4.78, 5) is 4.10. The van der Waals surface area contributed by atoms with Gasteiger partial charge in [-0.15, -0.1) is 0 Å². The van der Waals surface area contributed by atoms with Crippen LogP contribution in [0.15, 0.2) is 6.33 Å². The summed E-state index contributed by atoms with van der Waals surface area (Å²) in [5.41, 5.74) is 0. The van der Waals surface area contributed by atoms with Crippen LogP contribution >= 0.6 is 0 Å². The topological polar surface area (TPSA) is 106 Å². The number of aromatic amines is 1. The standard InChI is InChI=1S/C12H20N6O2S/c1-10(7-13)8-17(2)21(19,20)18-6-4-3-5-11(18)12-14-9-15-16-12/h9-11H,3-6,8H2,1-2H3,(H,14,15,16). The fraction of sp³-hybridized carbons (Fsp3) is 0.750. The van der Waals surface area contributed by atoms with E-state index in [1.807, 2.05) is 0 Å². The minimum Gasteiger partial charge on any atom is -0.262 e. The minimum atomic E-state index is -3.61. The Hall–Kier alpha value is -1.50. The third-order valence-electron chi connectivity index (χ3n) is 3.64. The van der Waals surface area contributed by atoms with Crippen molar-refractivity contribution in [3.05, 3.63) is 12.2 Å². The van der Waals surface area contributed by atoms with Crippen molar-refractivity contribution in [3.63, 3.8) is 0 Å². The van der Waals surface area contributed by atoms with Crippen LogP contribution in [-0.2, 0) is 10.2 Å². The molecule has 9 heteroatoms. The molecule has 2 heterocycles. The van der Waals surface area contributed by atoms with E-state index in [4.69, 9.17) is 5.26 Å². The molecule has 0 bridgehead atoms. The van der Waals surface area contributed by atoms with Crippen LogP contribution in [0.1, 0.15) is 38.1 Å². The predicted octanol–water partition coefficient (Wildman–Crippen LogP) is 0.668. The van der Waals surface area contributed by atoms with Crippen LogP contribution in [0.4, 0.5) is 0 Å².